The van der Waals surface area contributed by atoms with E-state index < -0.39 is 6.67 Å². The van der Waals surface area contributed by atoms with Crippen LogP contribution in [0.3, 0.4) is 0 Å². The van der Waals surface area contributed by atoms with Gasteiger partial charge in [0, 0.05) is 18.9 Å². The van der Waals surface area contributed by atoms with Crippen LogP contribution >= 0.6 is 0 Å². The van der Waals surface area contributed by atoms with Crippen molar-refractivity contribution in [2.45, 2.75) is 0 Å². The average molecular weight is 234 g/mol. The van der Waals surface area contributed by atoms with Crippen molar-refractivity contribution in [1.82, 2.24) is 20.1 Å². The highest BCUT2D eigenvalue weighted by molar-refractivity contribution is 5.93. The predicted octanol–water partition coefficient (Wildman–Crippen LogP) is 0.967. The normalized spacial score (nSPS) is 10.2. The molecule has 0 aromatic carbocycles. The van der Waals surface area contributed by atoms with Crippen molar-refractivity contribution in [3.63, 3.8) is 0 Å². The number of halogens is 1. The Bertz CT molecular complexity index is 497. The molecule has 17 heavy (non-hydrogen) atoms. The number of carbonyl (C=O) groups excluding carboxylic acids is 1. The van der Waals surface area contributed by atoms with Gasteiger partial charge in [0.15, 0.2) is 0 Å². The molecule has 0 fully saturated rings. The van der Waals surface area contributed by atoms with E-state index in [0.29, 0.717) is 5.56 Å². The number of alkyl halides is 1. The number of amides is 1. The van der Waals surface area contributed by atoms with Crippen molar-refractivity contribution in [2.24, 2.45) is 0 Å². The predicted molar refractivity (Wildman–Crippen MR) is 59.7 cm³/mol. The highest BCUT2D eigenvalue weighted by Crippen LogP contribution is 2.06. The Morgan fingerprint density at radius 1 is 1.47 bits per heavy atom. The van der Waals surface area contributed by atoms with Crippen LogP contribution in [0.2, 0.25) is 0 Å². The Labute approximate surface area is 97.3 Å². The molecule has 0 unspecified atom stereocenters. The van der Waals surface area contributed by atoms with Crippen LogP contribution in [0.25, 0.3) is 5.69 Å². The summed E-state index contributed by atoms with van der Waals surface area (Å²) in [6, 6.07) is 3.60. The molecule has 2 rings (SSSR count). The quantitative estimate of drug-likeness (QED) is 0.857. The van der Waals surface area contributed by atoms with E-state index in [0.717, 1.165) is 5.69 Å². The van der Waals surface area contributed by atoms with Gasteiger partial charge in [0.2, 0.25) is 0 Å². The van der Waals surface area contributed by atoms with Gasteiger partial charge >= 0.3 is 0 Å². The van der Waals surface area contributed by atoms with Gasteiger partial charge in [0.1, 0.15) is 6.67 Å². The molecular formula is C11H11FN4O. The van der Waals surface area contributed by atoms with Crippen LogP contribution in [0, 0.1) is 0 Å². The van der Waals surface area contributed by atoms with E-state index in [-0.39, 0.29) is 12.5 Å². The largest absolute Gasteiger partial charge is 0.349 e. The van der Waals surface area contributed by atoms with Crippen LogP contribution < -0.4 is 5.32 Å². The average Bonchev–Trinajstić information content (AvgIpc) is 2.86. The Balaban J connectivity index is 2.14. The second-order valence-electron chi connectivity index (χ2n) is 3.33. The Kier molecular flexibility index (Phi) is 3.44. The third-order valence-electron chi connectivity index (χ3n) is 2.14. The third-order valence-corrected chi connectivity index (χ3v) is 2.14. The lowest BCUT2D eigenvalue weighted by Gasteiger charge is -1.99. The Morgan fingerprint density at radius 2 is 2.35 bits per heavy atom. The van der Waals surface area contributed by atoms with Gasteiger partial charge in [-0.1, -0.05) is 0 Å². The fourth-order valence-electron chi connectivity index (χ4n) is 1.33. The Morgan fingerprint density at radius 3 is 3.06 bits per heavy atom. The summed E-state index contributed by atoms with van der Waals surface area (Å²) in [5, 5.41) is 6.47. The smallest absolute Gasteiger partial charge is 0.254 e. The number of pyridine rings is 1. The minimum atomic E-state index is -0.581. The highest BCUT2D eigenvalue weighted by atomic mass is 19.1. The van der Waals surface area contributed by atoms with E-state index in [4.69, 9.17) is 0 Å². The molecule has 0 atom stereocenters. The number of nitrogens with one attached hydrogen (secondary N) is 1. The molecule has 1 amide bonds. The van der Waals surface area contributed by atoms with E-state index in [1.807, 2.05) is 6.07 Å². The summed E-state index contributed by atoms with van der Waals surface area (Å²) in [6.07, 6.45) is 6.29. The number of nitrogens with zero attached hydrogens (tertiary/aromatic N) is 3. The zero-order chi connectivity index (χ0) is 12.1. The van der Waals surface area contributed by atoms with Crippen molar-refractivity contribution < 1.29 is 9.18 Å². The van der Waals surface area contributed by atoms with Crippen molar-refractivity contribution in [2.75, 3.05) is 13.2 Å². The SMILES string of the molecule is O=C(NCCF)c1cnn(-c2cccnc2)c1. The van der Waals surface area contributed by atoms with Crippen molar-refractivity contribution in [3.8, 4) is 5.69 Å². The Hall–Kier alpha value is -2.24. The van der Waals surface area contributed by atoms with E-state index in [1.54, 1.807) is 24.7 Å². The molecule has 2 heterocycles. The van der Waals surface area contributed by atoms with Gasteiger partial charge in [-0.05, 0) is 12.1 Å². The fourth-order valence-corrected chi connectivity index (χ4v) is 1.33. The molecule has 0 aliphatic rings. The lowest BCUT2D eigenvalue weighted by Crippen LogP contribution is -2.25. The minimum absolute atomic E-state index is 0.0108. The first-order chi connectivity index (χ1) is 8.31. The first-order valence-electron chi connectivity index (χ1n) is 5.10. The van der Waals surface area contributed by atoms with Crippen LogP contribution in [0.5, 0.6) is 0 Å². The summed E-state index contributed by atoms with van der Waals surface area (Å²) >= 11 is 0. The van der Waals surface area contributed by atoms with Crippen molar-refractivity contribution >= 4 is 5.91 Å². The fraction of sp³-hybridized carbons (Fsp3) is 0.182. The van der Waals surface area contributed by atoms with E-state index in [2.05, 4.69) is 15.4 Å². The standard InChI is InChI=1S/C11H11FN4O/c12-3-5-14-11(17)9-6-15-16(8-9)10-2-1-4-13-7-10/h1-2,4,6-8H,3,5H2,(H,14,17). The number of carbonyl (C=O) groups is 1. The molecule has 0 radical (unpaired) electrons. The molecule has 0 saturated carbocycles. The molecule has 88 valence electrons. The van der Waals surface area contributed by atoms with Crippen LogP contribution in [-0.4, -0.2) is 33.9 Å². The molecule has 6 heteroatoms. The van der Waals surface area contributed by atoms with Crippen LogP contribution in [0.15, 0.2) is 36.9 Å². The summed E-state index contributed by atoms with van der Waals surface area (Å²) in [5.41, 5.74) is 1.15. The zero-order valence-corrected chi connectivity index (χ0v) is 9.01. The molecule has 1 N–H and O–H groups in total. The minimum Gasteiger partial charge on any atom is -0.349 e. The number of hydrogen-bond acceptors (Lipinski definition) is 3. The van der Waals surface area contributed by atoms with Crippen molar-refractivity contribution in [3.05, 3.63) is 42.5 Å². The number of hydrogen-bond donors (Lipinski definition) is 1. The summed E-state index contributed by atoms with van der Waals surface area (Å²) in [6.45, 7) is -0.570. The van der Waals surface area contributed by atoms with Gasteiger partial charge in [-0.2, -0.15) is 5.10 Å². The molecule has 5 nitrogen and oxygen atoms in total. The van der Waals surface area contributed by atoms with E-state index in [1.165, 1.54) is 10.9 Å². The van der Waals surface area contributed by atoms with Gasteiger partial charge < -0.3 is 5.32 Å². The molecule has 0 spiro atoms. The maximum Gasteiger partial charge on any atom is 0.254 e. The summed E-state index contributed by atoms with van der Waals surface area (Å²) < 4.78 is 13.4. The molecule has 2 aromatic heterocycles. The van der Waals surface area contributed by atoms with Gasteiger partial charge in [-0.15, -0.1) is 0 Å². The lowest BCUT2D eigenvalue weighted by molar-refractivity contribution is 0.0951. The van der Waals surface area contributed by atoms with E-state index >= 15 is 0 Å². The molecule has 0 aliphatic heterocycles. The van der Waals surface area contributed by atoms with E-state index in [9.17, 15) is 9.18 Å². The lowest BCUT2D eigenvalue weighted by atomic mass is 10.3. The molecule has 0 saturated heterocycles. The summed E-state index contributed by atoms with van der Waals surface area (Å²) in [7, 11) is 0. The maximum atomic E-state index is 11.9. The van der Waals surface area contributed by atoms with Gasteiger partial charge in [-0.25, -0.2) is 9.07 Å². The highest BCUT2D eigenvalue weighted by Gasteiger charge is 2.08. The molecular weight excluding hydrogens is 223 g/mol. The summed E-state index contributed by atoms with van der Waals surface area (Å²) in [5.74, 6) is -0.335. The van der Waals surface area contributed by atoms with Crippen LogP contribution in [-0.2, 0) is 0 Å². The topological polar surface area (TPSA) is 59.8 Å². The van der Waals surface area contributed by atoms with Gasteiger partial charge in [-0.3, -0.25) is 9.78 Å². The van der Waals surface area contributed by atoms with Gasteiger partial charge in [0.05, 0.1) is 23.6 Å². The van der Waals surface area contributed by atoms with Crippen molar-refractivity contribution in [1.29, 1.82) is 0 Å². The first-order valence-corrected chi connectivity index (χ1v) is 5.10. The molecule has 0 bridgehead atoms. The molecule has 2 aromatic rings. The summed E-state index contributed by atoms with van der Waals surface area (Å²) in [4.78, 5) is 15.5. The second-order valence-corrected chi connectivity index (χ2v) is 3.33. The van der Waals surface area contributed by atoms with Crippen LogP contribution in [0.1, 0.15) is 10.4 Å². The second kappa shape index (κ2) is 5.20. The number of rotatable bonds is 4. The zero-order valence-electron chi connectivity index (χ0n) is 9.01. The number of aromatic nitrogens is 3. The first kappa shape index (κ1) is 11.3. The monoisotopic (exact) mass is 234 g/mol. The maximum absolute atomic E-state index is 11.9. The van der Waals surface area contributed by atoms with Crippen LogP contribution in [0.4, 0.5) is 4.39 Å². The van der Waals surface area contributed by atoms with Gasteiger partial charge in [0.25, 0.3) is 5.91 Å². The molecule has 0 aliphatic carbocycles. The third kappa shape index (κ3) is 2.66.